The second-order valence-corrected chi connectivity index (χ2v) is 7.38. The minimum Gasteiger partial charge on any atom is -1.00 e. The van der Waals surface area contributed by atoms with Crippen LogP contribution in [0.3, 0.4) is 0 Å². The molecule has 0 aromatic carbocycles. The minimum atomic E-state index is -0.261. The van der Waals surface area contributed by atoms with Gasteiger partial charge in [0.1, 0.15) is 6.54 Å². The van der Waals surface area contributed by atoms with E-state index in [1.54, 1.807) is 6.92 Å². The van der Waals surface area contributed by atoms with E-state index in [0.29, 0.717) is 18.1 Å². The molecular formula is C23H38ClNO2. The van der Waals surface area contributed by atoms with E-state index in [4.69, 9.17) is 4.74 Å². The molecule has 0 amide bonds. The lowest BCUT2D eigenvalue weighted by Crippen LogP contribution is -3.00. The van der Waals surface area contributed by atoms with Crippen LogP contribution in [0.1, 0.15) is 78.1 Å². The Balaban J connectivity index is 0.00000676. The molecule has 0 spiro atoms. The molecule has 0 fully saturated rings. The molecule has 154 valence electrons. The molecule has 1 aromatic heterocycles. The van der Waals surface area contributed by atoms with Gasteiger partial charge in [-0.3, -0.25) is 0 Å². The first-order chi connectivity index (χ1) is 12.6. The Morgan fingerprint density at radius 3 is 2.26 bits per heavy atom. The number of ether oxygens (including phenoxy) is 1. The number of pyridine rings is 1. The van der Waals surface area contributed by atoms with Gasteiger partial charge in [0.25, 0.3) is 0 Å². The topological polar surface area (TPSA) is 30.2 Å². The molecule has 0 N–H and O–H groups in total. The number of esters is 1. The van der Waals surface area contributed by atoms with Gasteiger partial charge in [-0.1, -0.05) is 64.5 Å². The molecule has 1 rings (SSSR count). The zero-order valence-corrected chi connectivity index (χ0v) is 18.1. The van der Waals surface area contributed by atoms with Gasteiger partial charge >= 0.3 is 5.97 Å². The first kappa shape index (κ1) is 25.6. The molecule has 1 aromatic rings. The Kier molecular flexibility index (Phi) is 16.0. The molecular weight excluding hydrogens is 358 g/mol. The van der Waals surface area contributed by atoms with Crippen molar-refractivity contribution in [3.8, 4) is 0 Å². The number of carbonyl (C=O) groups excluding carboxylic acids is 1. The molecule has 3 nitrogen and oxygen atoms in total. The number of unbranched alkanes of at least 4 members (excludes halogenated alkanes) is 5. The standard InChI is InChI=1S/C23H38NO2.ClH/c1-4-5-6-7-8-10-14-22(16-20-26-23(25)21(2)3)15-13-19-24-17-11-9-12-18-24;/h9,11-12,17-18,22H,2,4-8,10,13-16,19-20H2,1,3H3;1H/q+1;/p-1. The van der Waals surface area contributed by atoms with Crippen LogP contribution in [0.5, 0.6) is 0 Å². The number of carbonyl (C=O) groups is 1. The SMILES string of the molecule is C=C(C)C(=O)OCCC(CCCCCCCC)CCC[n+]1ccccc1.[Cl-]. The van der Waals surface area contributed by atoms with Crippen molar-refractivity contribution >= 4 is 5.97 Å². The Morgan fingerprint density at radius 2 is 1.59 bits per heavy atom. The van der Waals surface area contributed by atoms with Crippen LogP contribution in [-0.2, 0) is 16.1 Å². The summed E-state index contributed by atoms with van der Waals surface area (Å²) in [6, 6.07) is 6.20. The number of aromatic nitrogens is 1. The highest BCUT2D eigenvalue weighted by atomic mass is 35.5. The molecule has 0 bridgehead atoms. The van der Waals surface area contributed by atoms with E-state index >= 15 is 0 Å². The van der Waals surface area contributed by atoms with Gasteiger partial charge in [-0.25, -0.2) is 9.36 Å². The van der Waals surface area contributed by atoms with Crippen LogP contribution in [-0.4, -0.2) is 12.6 Å². The molecule has 27 heavy (non-hydrogen) atoms. The molecule has 0 aliphatic heterocycles. The molecule has 1 heterocycles. The Labute approximate surface area is 172 Å². The predicted octanol–water partition coefficient (Wildman–Crippen LogP) is 2.63. The van der Waals surface area contributed by atoms with Gasteiger partial charge in [-0.05, 0) is 25.7 Å². The molecule has 1 atom stereocenters. The maximum absolute atomic E-state index is 11.6. The summed E-state index contributed by atoms with van der Waals surface area (Å²) in [6.45, 7) is 9.18. The van der Waals surface area contributed by atoms with Gasteiger partial charge in [0.05, 0.1) is 6.61 Å². The maximum atomic E-state index is 11.6. The largest absolute Gasteiger partial charge is 1.00 e. The summed E-state index contributed by atoms with van der Waals surface area (Å²) >= 11 is 0. The third kappa shape index (κ3) is 13.5. The van der Waals surface area contributed by atoms with Crippen molar-refractivity contribution in [3.63, 3.8) is 0 Å². The summed E-state index contributed by atoms with van der Waals surface area (Å²) in [6.07, 6.45) is 16.8. The van der Waals surface area contributed by atoms with Gasteiger partial charge in [0.15, 0.2) is 12.4 Å². The van der Waals surface area contributed by atoms with E-state index < -0.39 is 0 Å². The number of nitrogens with zero attached hydrogens (tertiary/aromatic N) is 1. The summed E-state index contributed by atoms with van der Waals surface area (Å²) in [5.41, 5.74) is 0.484. The van der Waals surface area contributed by atoms with Crippen LogP contribution in [0.25, 0.3) is 0 Å². The summed E-state index contributed by atoms with van der Waals surface area (Å²) in [5.74, 6) is 0.381. The molecule has 4 heteroatoms. The lowest BCUT2D eigenvalue weighted by molar-refractivity contribution is -0.697. The highest BCUT2D eigenvalue weighted by Gasteiger charge is 2.12. The third-order valence-corrected chi connectivity index (χ3v) is 4.88. The summed E-state index contributed by atoms with van der Waals surface area (Å²) in [7, 11) is 0. The molecule has 0 saturated heterocycles. The van der Waals surface area contributed by atoms with E-state index in [2.05, 4.69) is 42.6 Å². The van der Waals surface area contributed by atoms with Crippen LogP contribution in [0.15, 0.2) is 42.7 Å². The molecule has 0 saturated carbocycles. The van der Waals surface area contributed by atoms with E-state index in [0.717, 1.165) is 13.0 Å². The number of aryl methyl sites for hydroxylation is 1. The van der Waals surface area contributed by atoms with Gasteiger partial charge in [0.2, 0.25) is 0 Å². The third-order valence-electron chi connectivity index (χ3n) is 4.88. The fourth-order valence-electron chi connectivity index (χ4n) is 3.23. The number of hydrogen-bond acceptors (Lipinski definition) is 2. The van der Waals surface area contributed by atoms with Gasteiger partial charge in [-0.2, -0.15) is 0 Å². The van der Waals surface area contributed by atoms with Crippen molar-refractivity contribution in [1.82, 2.24) is 0 Å². The monoisotopic (exact) mass is 395 g/mol. The van der Waals surface area contributed by atoms with E-state index in [9.17, 15) is 4.79 Å². The smallest absolute Gasteiger partial charge is 0.333 e. The van der Waals surface area contributed by atoms with Crippen LogP contribution in [0.2, 0.25) is 0 Å². The second kappa shape index (κ2) is 16.8. The molecule has 1 unspecified atom stereocenters. The average Bonchev–Trinajstić information content (AvgIpc) is 2.64. The highest BCUT2D eigenvalue weighted by molar-refractivity contribution is 5.86. The Hall–Kier alpha value is -1.35. The zero-order chi connectivity index (χ0) is 19.0. The van der Waals surface area contributed by atoms with Crippen molar-refractivity contribution in [3.05, 3.63) is 42.7 Å². The fourth-order valence-corrected chi connectivity index (χ4v) is 3.23. The molecule has 0 aliphatic carbocycles. The van der Waals surface area contributed by atoms with Crippen molar-refractivity contribution in [1.29, 1.82) is 0 Å². The van der Waals surface area contributed by atoms with Crippen LogP contribution >= 0.6 is 0 Å². The lowest BCUT2D eigenvalue weighted by atomic mass is 9.93. The van der Waals surface area contributed by atoms with Crippen molar-refractivity contribution in [2.45, 2.75) is 84.6 Å². The van der Waals surface area contributed by atoms with Crippen molar-refractivity contribution < 1.29 is 26.5 Å². The second-order valence-electron chi connectivity index (χ2n) is 7.38. The first-order valence-electron chi connectivity index (χ1n) is 10.4. The quantitative estimate of drug-likeness (QED) is 0.198. The minimum absolute atomic E-state index is 0. The van der Waals surface area contributed by atoms with Gasteiger partial charge < -0.3 is 17.1 Å². The van der Waals surface area contributed by atoms with E-state index in [1.165, 1.54) is 57.8 Å². The highest BCUT2D eigenvalue weighted by Crippen LogP contribution is 2.20. The Morgan fingerprint density at radius 1 is 0.963 bits per heavy atom. The Bertz CT molecular complexity index is 504. The predicted molar refractivity (Wildman–Crippen MR) is 108 cm³/mol. The molecule has 0 radical (unpaired) electrons. The van der Waals surface area contributed by atoms with Crippen molar-refractivity contribution in [2.75, 3.05) is 6.61 Å². The van der Waals surface area contributed by atoms with Gasteiger partial charge in [-0.15, -0.1) is 0 Å². The average molecular weight is 396 g/mol. The number of halogens is 1. The fraction of sp³-hybridized carbons (Fsp3) is 0.652. The van der Waals surface area contributed by atoms with E-state index in [-0.39, 0.29) is 18.4 Å². The lowest BCUT2D eigenvalue weighted by Gasteiger charge is -2.16. The van der Waals surface area contributed by atoms with E-state index in [1.807, 2.05) is 6.07 Å². The van der Waals surface area contributed by atoms with Crippen LogP contribution < -0.4 is 17.0 Å². The van der Waals surface area contributed by atoms with Crippen molar-refractivity contribution in [2.24, 2.45) is 5.92 Å². The summed E-state index contributed by atoms with van der Waals surface area (Å²) in [4.78, 5) is 11.6. The summed E-state index contributed by atoms with van der Waals surface area (Å²) < 4.78 is 7.55. The number of rotatable bonds is 15. The van der Waals surface area contributed by atoms with Crippen LogP contribution in [0, 0.1) is 5.92 Å². The summed E-state index contributed by atoms with van der Waals surface area (Å²) in [5, 5.41) is 0. The maximum Gasteiger partial charge on any atom is 0.333 e. The molecule has 0 aliphatic rings. The first-order valence-corrected chi connectivity index (χ1v) is 10.4. The zero-order valence-electron chi connectivity index (χ0n) is 17.3. The van der Waals surface area contributed by atoms with Gasteiger partial charge in [0, 0.05) is 24.1 Å². The number of hydrogen-bond donors (Lipinski definition) is 0. The normalized spacial score (nSPS) is 11.5. The van der Waals surface area contributed by atoms with Crippen LogP contribution in [0.4, 0.5) is 0 Å².